The summed E-state index contributed by atoms with van der Waals surface area (Å²) in [5.74, 6) is 1.64. The number of carbonyl (C=O) groups is 1. The van der Waals surface area contributed by atoms with Gasteiger partial charge in [-0.3, -0.25) is 4.79 Å². The lowest BCUT2D eigenvalue weighted by atomic mass is 9.85. The second-order valence-electron chi connectivity index (χ2n) is 7.66. The Bertz CT molecular complexity index is 381. The molecule has 0 aromatic carbocycles. The molecule has 22 heavy (non-hydrogen) atoms. The Morgan fingerprint density at radius 2 is 2.05 bits per heavy atom. The van der Waals surface area contributed by atoms with Crippen LogP contribution in [-0.4, -0.2) is 60.5 Å². The molecule has 0 aromatic heterocycles. The van der Waals surface area contributed by atoms with Crippen molar-refractivity contribution in [2.75, 3.05) is 32.7 Å². The fraction of sp³-hybridized carbons (Fsp3) is 0.944. The monoisotopic (exact) mass is 307 g/mol. The van der Waals surface area contributed by atoms with Crippen molar-refractivity contribution in [2.45, 2.75) is 64.5 Å². The van der Waals surface area contributed by atoms with Crippen molar-refractivity contribution in [3.63, 3.8) is 0 Å². The molecular formula is C18H33N3O. The second kappa shape index (κ2) is 7.31. The van der Waals surface area contributed by atoms with Gasteiger partial charge in [0.25, 0.3) is 0 Å². The molecule has 0 saturated carbocycles. The molecule has 0 radical (unpaired) electrons. The number of amides is 1. The fourth-order valence-electron chi connectivity index (χ4n) is 4.75. The summed E-state index contributed by atoms with van der Waals surface area (Å²) in [6, 6.07) is 1.00. The summed E-state index contributed by atoms with van der Waals surface area (Å²) < 4.78 is 0. The van der Waals surface area contributed by atoms with E-state index in [2.05, 4.69) is 29.0 Å². The molecule has 3 rings (SSSR count). The summed E-state index contributed by atoms with van der Waals surface area (Å²) in [7, 11) is 0. The molecule has 3 aliphatic rings. The van der Waals surface area contributed by atoms with E-state index in [1.807, 2.05) is 0 Å². The van der Waals surface area contributed by atoms with Gasteiger partial charge in [-0.1, -0.05) is 13.8 Å². The molecule has 4 unspecified atom stereocenters. The molecule has 4 atom stereocenters. The lowest BCUT2D eigenvalue weighted by Crippen LogP contribution is -2.44. The van der Waals surface area contributed by atoms with E-state index in [0.29, 0.717) is 29.8 Å². The van der Waals surface area contributed by atoms with Crippen molar-refractivity contribution in [2.24, 2.45) is 11.8 Å². The van der Waals surface area contributed by atoms with Crippen LogP contribution in [0.15, 0.2) is 0 Å². The van der Waals surface area contributed by atoms with E-state index >= 15 is 0 Å². The Morgan fingerprint density at radius 3 is 2.77 bits per heavy atom. The number of fused-ring (bicyclic) bond motifs is 2. The zero-order chi connectivity index (χ0) is 15.5. The zero-order valence-corrected chi connectivity index (χ0v) is 14.4. The number of carbonyl (C=O) groups excluding carboxylic acids is 1. The van der Waals surface area contributed by atoms with Crippen molar-refractivity contribution in [3.8, 4) is 0 Å². The first-order valence-corrected chi connectivity index (χ1v) is 9.43. The third kappa shape index (κ3) is 3.48. The Balaban J connectivity index is 1.59. The molecule has 3 fully saturated rings. The number of nitrogens with zero attached hydrogens (tertiary/aromatic N) is 2. The largest absolute Gasteiger partial charge is 0.335 e. The number of hydrogen-bond acceptors (Lipinski definition) is 3. The van der Waals surface area contributed by atoms with E-state index in [1.165, 1.54) is 38.6 Å². The average molecular weight is 307 g/mol. The highest BCUT2D eigenvalue weighted by molar-refractivity contribution is 5.77. The van der Waals surface area contributed by atoms with E-state index in [1.54, 1.807) is 0 Å². The summed E-state index contributed by atoms with van der Waals surface area (Å²) in [5.41, 5.74) is 0. The van der Waals surface area contributed by atoms with Gasteiger partial charge in [-0.25, -0.2) is 0 Å². The molecule has 3 heterocycles. The molecule has 1 amide bonds. The van der Waals surface area contributed by atoms with Crippen LogP contribution in [-0.2, 0) is 4.79 Å². The third-order valence-corrected chi connectivity index (χ3v) is 6.24. The van der Waals surface area contributed by atoms with Crippen LogP contribution in [0.2, 0.25) is 0 Å². The summed E-state index contributed by atoms with van der Waals surface area (Å²) in [4.78, 5) is 17.8. The number of likely N-dealkylation sites (N-methyl/N-ethyl adjacent to an activating group) is 1. The number of hydrogen-bond donors (Lipinski definition) is 1. The maximum absolute atomic E-state index is 12.9. The summed E-state index contributed by atoms with van der Waals surface area (Å²) in [5, 5.41) is 3.49. The van der Waals surface area contributed by atoms with Gasteiger partial charge in [-0.05, 0) is 63.6 Å². The highest BCUT2D eigenvalue weighted by Gasteiger charge is 2.40. The standard InChI is InChI=1S/C18H33N3O/c1-3-20-10-8-16-6-7-17(13-20)21(16)18(22)11-14(2)15-5-4-9-19-12-15/h14-17,19H,3-13H2,1-2H3. The molecule has 126 valence electrons. The van der Waals surface area contributed by atoms with Crippen molar-refractivity contribution in [1.29, 1.82) is 0 Å². The predicted octanol–water partition coefficient (Wildman–Crippen LogP) is 2.10. The minimum Gasteiger partial charge on any atom is -0.335 e. The first-order valence-electron chi connectivity index (χ1n) is 9.43. The fourth-order valence-corrected chi connectivity index (χ4v) is 4.75. The van der Waals surface area contributed by atoms with E-state index in [-0.39, 0.29) is 0 Å². The topological polar surface area (TPSA) is 35.6 Å². The Labute approximate surface area is 135 Å². The average Bonchev–Trinajstić information content (AvgIpc) is 2.83. The second-order valence-corrected chi connectivity index (χ2v) is 7.66. The van der Waals surface area contributed by atoms with Gasteiger partial charge in [0.2, 0.25) is 5.91 Å². The van der Waals surface area contributed by atoms with Gasteiger partial charge in [-0.2, -0.15) is 0 Å². The maximum Gasteiger partial charge on any atom is 0.223 e. The molecule has 3 aliphatic heterocycles. The number of rotatable bonds is 4. The van der Waals surface area contributed by atoms with E-state index in [9.17, 15) is 4.79 Å². The van der Waals surface area contributed by atoms with Gasteiger partial charge in [0, 0.05) is 31.6 Å². The van der Waals surface area contributed by atoms with Crippen molar-refractivity contribution in [1.82, 2.24) is 15.1 Å². The van der Waals surface area contributed by atoms with Crippen LogP contribution >= 0.6 is 0 Å². The quantitative estimate of drug-likeness (QED) is 0.864. The Kier molecular flexibility index (Phi) is 5.40. The molecular weight excluding hydrogens is 274 g/mol. The van der Waals surface area contributed by atoms with E-state index < -0.39 is 0 Å². The first-order chi connectivity index (χ1) is 10.7. The number of nitrogens with one attached hydrogen (secondary N) is 1. The summed E-state index contributed by atoms with van der Waals surface area (Å²) in [6.45, 7) is 10.2. The number of likely N-dealkylation sites (tertiary alicyclic amines) is 1. The minimum absolute atomic E-state index is 0.434. The highest BCUT2D eigenvalue weighted by atomic mass is 16.2. The zero-order valence-electron chi connectivity index (χ0n) is 14.4. The van der Waals surface area contributed by atoms with Crippen molar-refractivity contribution >= 4 is 5.91 Å². The molecule has 0 aliphatic carbocycles. The van der Waals surface area contributed by atoms with Crippen LogP contribution in [0.3, 0.4) is 0 Å². The predicted molar refractivity (Wildman–Crippen MR) is 89.8 cm³/mol. The lowest BCUT2D eigenvalue weighted by molar-refractivity contribution is -0.135. The molecule has 3 saturated heterocycles. The van der Waals surface area contributed by atoms with E-state index in [4.69, 9.17) is 0 Å². The first kappa shape index (κ1) is 16.3. The third-order valence-electron chi connectivity index (χ3n) is 6.24. The van der Waals surface area contributed by atoms with Crippen LogP contribution in [0.1, 0.15) is 52.4 Å². The highest BCUT2D eigenvalue weighted by Crippen LogP contribution is 2.32. The summed E-state index contributed by atoms with van der Waals surface area (Å²) in [6.07, 6.45) is 6.93. The van der Waals surface area contributed by atoms with Gasteiger partial charge >= 0.3 is 0 Å². The van der Waals surface area contributed by atoms with Gasteiger partial charge in [-0.15, -0.1) is 0 Å². The SMILES string of the molecule is CCN1CCC2CCC(C1)N2C(=O)CC(C)C1CCCNC1. The molecule has 0 spiro atoms. The minimum atomic E-state index is 0.434. The van der Waals surface area contributed by atoms with Crippen LogP contribution in [0.5, 0.6) is 0 Å². The van der Waals surface area contributed by atoms with E-state index in [0.717, 1.165) is 32.6 Å². The van der Waals surface area contributed by atoms with Crippen LogP contribution in [0.25, 0.3) is 0 Å². The van der Waals surface area contributed by atoms with Crippen LogP contribution in [0, 0.1) is 11.8 Å². The van der Waals surface area contributed by atoms with Crippen molar-refractivity contribution in [3.05, 3.63) is 0 Å². The number of piperidine rings is 1. The van der Waals surface area contributed by atoms with Gasteiger partial charge in [0.05, 0.1) is 0 Å². The van der Waals surface area contributed by atoms with Gasteiger partial charge < -0.3 is 15.1 Å². The molecule has 1 N–H and O–H groups in total. The Morgan fingerprint density at radius 1 is 1.23 bits per heavy atom. The molecule has 4 heteroatoms. The normalized spacial score (nSPS) is 34.5. The van der Waals surface area contributed by atoms with Crippen LogP contribution in [0.4, 0.5) is 0 Å². The van der Waals surface area contributed by atoms with Gasteiger partial charge in [0.1, 0.15) is 0 Å². The smallest absolute Gasteiger partial charge is 0.223 e. The lowest BCUT2D eigenvalue weighted by Gasteiger charge is -2.32. The Hall–Kier alpha value is -0.610. The van der Waals surface area contributed by atoms with Crippen molar-refractivity contribution < 1.29 is 4.79 Å². The molecule has 0 aromatic rings. The molecule has 4 nitrogen and oxygen atoms in total. The summed E-state index contributed by atoms with van der Waals surface area (Å²) >= 11 is 0. The van der Waals surface area contributed by atoms with Crippen LogP contribution < -0.4 is 5.32 Å². The maximum atomic E-state index is 12.9. The molecule has 2 bridgehead atoms. The van der Waals surface area contributed by atoms with Gasteiger partial charge in [0.15, 0.2) is 0 Å².